The molecule has 0 bridgehead atoms. The van der Waals surface area contributed by atoms with E-state index >= 15 is 0 Å². The maximum atomic E-state index is 11.2. The predicted octanol–water partition coefficient (Wildman–Crippen LogP) is 0.571. The van der Waals surface area contributed by atoms with Crippen molar-refractivity contribution in [3.8, 4) is 5.75 Å². The molecule has 9 nitrogen and oxygen atoms in total. The molecule has 0 atom stereocenters. The largest absolute Gasteiger partial charge is 0.412 e. The first-order valence-electron chi connectivity index (χ1n) is 4.93. The van der Waals surface area contributed by atoms with E-state index in [4.69, 9.17) is 9.29 Å². The molecule has 10 heteroatoms. The Morgan fingerprint density at radius 2 is 1.95 bits per heavy atom. The predicted molar refractivity (Wildman–Crippen MR) is 63.5 cm³/mol. The third-order valence-corrected chi connectivity index (χ3v) is 2.61. The van der Waals surface area contributed by atoms with Crippen molar-refractivity contribution in [2.45, 2.75) is 0 Å². The summed E-state index contributed by atoms with van der Waals surface area (Å²) in [7, 11) is -4.15. The Kier molecular flexibility index (Phi) is 4.78. The number of hydrogen-bond donors (Lipinski definition) is 2. The molecule has 0 saturated carbocycles. The molecule has 1 rings (SSSR count). The molecule has 2 N–H and O–H groups in total. The van der Waals surface area contributed by atoms with Gasteiger partial charge in [0.2, 0.25) is 0 Å². The van der Waals surface area contributed by atoms with Gasteiger partial charge in [0, 0.05) is 18.7 Å². The van der Waals surface area contributed by atoms with Crippen molar-refractivity contribution in [3.05, 3.63) is 34.4 Å². The number of carbonyl (C=O) groups is 1. The zero-order chi connectivity index (χ0) is 14.5. The van der Waals surface area contributed by atoms with E-state index in [1.165, 1.54) is 12.1 Å². The minimum absolute atomic E-state index is 0.0648. The summed E-state index contributed by atoms with van der Waals surface area (Å²) in [5.74, 6) is -0.572. The van der Waals surface area contributed by atoms with Crippen molar-refractivity contribution in [1.82, 2.24) is 5.32 Å². The van der Waals surface area contributed by atoms with Gasteiger partial charge in [0.05, 0.1) is 10.7 Å². The van der Waals surface area contributed by atoms with Crippen LogP contribution in [0.3, 0.4) is 0 Å². The molecule has 0 aliphatic rings. The van der Waals surface area contributed by atoms with Gasteiger partial charge in [0.1, 0.15) is 5.75 Å². The number of ether oxygens (including phenoxy) is 1. The molecule has 0 unspecified atom stereocenters. The number of benzene rings is 1. The average Bonchev–Trinajstić information content (AvgIpc) is 2.27. The second-order valence-electron chi connectivity index (χ2n) is 3.35. The van der Waals surface area contributed by atoms with Crippen LogP contribution in [0.15, 0.2) is 24.3 Å². The van der Waals surface area contributed by atoms with Crippen molar-refractivity contribution in [2.75, 3.05) is 12.3 Å². The number of rotatable bonds is 5. The van der Waals surface area contributed by atoms with Crippen LogP contribution in [0.5, 0.6) is 5.75 Å². The van der Waals surface area contributed by atoms with Gasteiger partial charge in [-0.3, -0.25) is 14.7 Å². The Morgan fingerprint density at radius 3 is 2.42 bits per heavy atom. The summed E-state index contributed by atoms with van der Waals surface area (Å²) < 4.78 is 33.9. The van der Waals surface area contributed by atoms with E-state index in [1.54, 1.807) is 0 Å². The molecular formula is C9H10N2O7S. The Labute approximate surface area is 108 Å². The lowest BCUT2D eigenvalue weighted by Gasteiger charge is -2.05. The zero-order valence-corrected chi connectivity index (χ0v) is 10.3. The summed E-state index contributed by atoms with van der Waals surface area (Å²) in [6.07, 6.45) is -0.933. The van der Waals surface area contributed by atoms with Gasteiger partial charge in [-0.25, -0.2) is 4.79 Å². The van der Waals surface area contributed by atoms with Crippen LogP contribution in [0, 0.1) is 10.1 Å². The lowest BCUT2D eigenvalue weighted by Crippen LogP contribution is -2.31. The van der Waals surface area contributed by atoms with E-state index in [1.807, 2.05) is 0 Å². The molecule has 0 fully saturated rings. The molecule has 19 heavy (non-hydrogen) atoms. The number of carbonyl (C=O) groups excluding carboxylic acids is 1. The first-order valence-corrected chi connectivity index (χ1v) is 6.54. The minimum atomic E-state index is -4.15. The first kappa shape index (κ1) is 14.9. The molecule has 0 radical (unpaired) electrons. The van der Waals surface area contributed by atoms with Crippen molar-refractivity contribution >= 4 is 21.9 Å². The summed E-state index contributed by atoms with van der Waals surface area (Å²) in [6, 6.07) is 4.75. The number of nitro groups is 1. The fourth-order valence-electron chi connectivity index (χ4n) is 1.06. The Morgan fingerprint density at radius 1 is 1.37 bits per heavy atom. The van der Waals surface area contributed by atoms with E-state index in [0.29, 0.717) is 0 Å². The summed E-state index contributed by atoms with van der Waals surface area (Å²) >= 11 is 0. The van der Waals surface area contributed by atoms with E-state index in [-0.39, 0.29) is 18.0 Å². The van der Waals surface area contributed by atoms with Crippen LogP contribution in [0.1, 0.15) is 0 Å². The van der Waals surface area contributed by atoms with Gasteiger partial charge in [-0.2, -0.15) is 8.42 Å². The van der Waals surface area contributed by atoms with Crippen LogP contribution >= 0.6 is 0 Å². The molecule has 0 aromatic heterocycles. The lowest BCUT2D eigenvalue weighted by atomic mass is 10.3. The van der Waals surface area contributed by atoms with Gasteiger partial charge >= 0.3 is 6.09 Å². The molecule has 1 aromatic rings. The molecule has 0 spiro atoms. The monoisotopic (exact) mass is 290 g/mol. The van der Waals surface area contributed by atoms with Crippen LogP contribution in [0.25, 0.3) is 0 Å². The van der Waals surface area contributed by atoms with Crippen LogP contribution in [-0.2, 0) is 10.1 Å². The number of hydrogen-bond acceptors (Lipinski definition) is 6. The van der Waals surface area contributed by atoms with Crippen molar-refractivity contribution in [3.63, 3.8) is 0 Å². The van der Waals surface area contributed by atoms with E-state index in [2.05, 4.69) is 5.32 Å². The fraction of sp³-hybridized carbons (Fsp3) is 0.222. The van der Waals surface area contributed by atoms with Crippen LogP contribution in [0.2, 0.25) is 0 Å². The Bertz CT molecular complexity index is 567. The number of nitrogens with one attached hydrogen (secondary N) is 1. The molecule has 0 heterocycles. The summed E-state index contributed by atoms with van der Waals surface area (Å²) in [6.45, 7) is -0.315. The van der Waals surface area contributed by atoms with Crippen molar-refractivity contribution < 1.29 is 27.4 Å². The third kappa shape index (κ3) is 5.79. The summed E-state index contributed by atoms with van der Waals surface area (Å²) in [5, 5.41) is 12.5. The number of non-ortho nitro benzene ring substituents is 1. The van der Waals surface area contributed by atoms with Gasteiger partial charge in [-0.15, -0.1) is 0 Å². The molecule has 0 aliphatic heterocycles. The number of amides is 1. The molecule has 1 aromatic carbocycles. The highest BCUT2D eigenvalue weighted by Crippen LogP contribution is 2.17. The smallest absolute Gasteiger partial charge is 0.410 e. The van der Waals surface area contributed by atoms with Gasteiger partial charge in [-0.1, -0.05) is 0 Å². The minimum Gasteiger partial charge on any atom is -0.410 e. The zero-order valence-electron chi connectivity index (χ0n) is 9.48. The average molecular weight is 290 g/mol. The van der Waals surface area contributed by atoms with Gasteiger partial charge in [0.15, 0.2) is 0 Å². The normalized spacial score (nSPS) is 10.8. The second kappa shape index (κ2) is 6.11. The van der Waals surface area contributed by atoms with Crippen molar-refractivity contribution in [1.29, 1.82) is 0 Å². The molecule has 0 saturated heterocycles. The van der Waals surface area contributed by atoms with E-state index in [9.17, 15) is 23.3 Å². The summed E-state index contributed by atoms with van der Waals surface area (Å²) in [4.78, 5) is 20.9. The van der Waals surface area contributed by atoms with Crippen LogP contribution in [-0.4, -0.2) is 36.3 Å². The van der Waals surface area contributed by atoms with E-state index in [0.717, 1.165) is 12.1 Å². The quantitative estimate of drug-likeness (QED) is 0.459. The molecule has 0 aliphatic carbocycles. The number of nitro benzene ring substituents is 1. The SMILES string of the molecule is O=C(NCCS(=O)(=O)O)Oc1ccc([N+](=O)[O-])cc1. The van der Waals surface area contributed by atoms with Crippen LogP contribution in [0.4, 0.5) is 10.5 Å². The summed E-state index contributed by atoms with van der Waals surface area (Å²) in [5.41, 5.74) is -0.154. The Balaban J connectivity index is 2.46. The maximum Gasteiger partial charge on any atom is 0.412 e. The molecule has 104 valence electrons. The van der Waals surface area contributed by atoms with Gasteiger partial charge in [0.25, 0.3) is 15.8 Å². The topological polar surface area (TPSA) is 136 Å². The lowest BCUT2D eigenvalue weighted by molar-refractivity contribution is -0.384. The fourth-order valence-corrected chi connectivity index (χ4v) is 1.42. The third-order valence-electron chi connectivity index (χ3n) is 1.89. The van der Waals surface area contributed by atoms with Crippen molar-refractivity contribution in [2.24, 2.45) is 0 Å². The Hall–Kier alpha value is -2.20. The van der Waals surface area contributed by atoms with Crippen LogP contribution < -0.4 is 10.1 Å². The number of nitrogens with zero attached hydrogens (tertiary/aromatic N) is 1. The highest BCUT2D eigenvalue weighted by atomic mass is 32.2. The van der Waals surface area contributed by atoms with Gasteiger partial charge in [-0.05, 0) is 12.1 Å². The second-order valence-corrected chi connectivity index (χ2v) is 4.93. The maximum absolute atomic E-state index is 11.2. The van der Waals surface area contributed by atoms with Gasteiger partial charge < -0.3 is 10.1 Å². The standard InChI is InChI=1S/C9H10N2O7S/c12-9(10-5-6-19(15,16)17)18-8-3-1-7(2-4-8)11(13)14/h1-4H,5-6H2,(H,10,12)(H,15,16,17). The van der Waals surface area contributed by atoms with E-state index < -0.39 is 26.9 Å². The first-order chi connectivity index (χ1) is 8.78. The highest BCUT2D eigenvalue weighted by Gasteiger charge is 2.09. The molecular weight excluding hydrogens is 280 g/mol. The molecule has 1 amide bonds. The highest BCUT2D eigenvalue weighted by molar-refractivity contribution is 7.85.